The van der Waals surface area contributed by atoms with E-state index in [0.717, 1.165) is 11.1 Å². The SMILES string of the molecule is Cc1cc(C(=O)c2cc(C(C)(C)C)c(O)c(C(C)(C)C)c2)no1. The standard InChI is InChI=1S/C19H25NO3/c1-11-8-15(20-23-11)16(21)12-9-13(18(2,3)4)17(22)14(10-12)19(5,6)7/h8-10,22H,1-7H3. The van der Waals surface area contributed by atoms with Crippen LogP contribution in [-0.2, 0) is 10.8 Å². The van der Waals surface area contributed by atoms with Crippen molar-refractivity contribution in [1.82, 2.24) is 5.16 Å². The van der Waals surface area contributed by atoms with Crippen LogP contribution in [-0.4, -0.2) is 16.0 Å². The van der Waals surface area contributed by atoms with E-state index in [-0.39, 0.29) is 28.1 Å². The minimum atomic E-state index is -0.278. The van der Waals surface area contributed by atoms with Crippen LogP contribution in [0.4, 0.5) is 0 Å². The van der Waals surface area contributed by atoms with Crippen LogP contribution >= 0.6 is 0 Å². The van der Waals surface area contributed by atoms with E-state index in [1.54, 1.807) is 25.1 Å². The van der Waals surface area contributed by atoms with Gasteiger partial charge in [0.1, 0.15) is 11.5 Å². The first-order valence-corrected chi connectivity index (χ1v) is 7.77. The molecule has 1 heterocycles. The number of aromatic nitrogens is 1. The van der Waals surface area contributed by atoms with Gasteiger partial charge in [-0.3, -0.25) is 4.79 Å². The number of ketones is 1. The average molecular weight is 315 g/mol. The molecule has 2 aromatic rings. The molecule has 0 aliphatic rings. The van der Waals surface area contributed by atoms with Gasteiger partial charge in [0.05, 0.1) is 0 Å². The lowest BCUT2D eigenvalue weighted by molar-refractivity contribution is 0.103. The third kappa shape index (κ3) is 3.46. The van der Waals surface area contributed by atoms with E-state index in [4.69, 9.17) is 4.52 Å². The molecule has 0 aliphatic carbocycles. The van der Waals surface area contributed by atoms with Crippen LogP contribution in [0.3, 0.4) is 0 Å². The topological polar surface area (TPSA) is 63.3 Å². The zero-order chi connectivity index (χ0) is 17.6. The summed E-state index contributed by atoms with van der Waals surface area (Å²) in [5, 5.41) is 14.5. The lowest BCUT2D eigenvalue weighted by Crippen LogP contribution is -2.19. The maximum atomic E-state index is 12.7. The van der Waals surface area contributed by atoms with Gasteiger partial charge >= 0.3 is 0 Å². The van der Waals surface area contributed by atoms with Crippen molar-refractivity contribution in [3.63, 3.8) is 0 Å². The lowest BCUT2D eigenvalue weighted by atomic mass is 9.78. The van der Waals surface area contributed by atoms with Crippen LogP contribution in [0.2, 0.25) is 0 Å². The van der Waals surface area contributed by atoms with E-state index >= 15 is 0 Å². The van der Waals surface area contributed by atoms with Crippen molar-refractivity contribution in [1.29, 1.82) is 0 Å². The molecule has 2 rings (SSSR count). The molecular weight excluding hydrogens is 290 g/mol. The molecule has 4 heteroatoms. The van der Waals surface area contributed by atoms with Gasteiger partial charge in [0, 0.05) is 22.8 Å². The number of aryl methyl sites for hydroxylation is 1. The van der Waals surface area contributed by atoms with Crippen molar-refractivity contribution in [3.05, 3.63) is 46.3 Å². The van der Waals surface area contributed by atoms with Crippen molar-refractivity contribution in [2.45, 2.75) is 59.3 Å². The molecule has 0 fully saturated rings. The van der Waals surface area contributed by atoms with E-state index in [0.29, 0.717) is 11.3 Å². The first-order valence-electron chi connectivity index (χ1n) is 7.77. The normalized spacial score (nSPS) is 12.5. The number of nitrogens with zero attached hydrogens (tertiary/aromatic N) is 1. The number of carbonyl (C=O) groups excluding carboxylic acids is 1. The summed E-state index contributed by atoms with van der Waals surface area (Å²) in [5.41, 5.74) is 1.76. The fourth-order valence-electron chi connectivity index (χ4n) is 2.53. The third-order valence-electron chi connectivity index (χ3n) is 3.85. The smallest absolute Gasteiger partial charge is 0.214 e. The average Bonchev–Trinajstić information content (AvgIpc) is 2.82. The Balaban J connectivity index is 2.67. The summed E-state index contributed by atoms with van der Waals surface area (Å²) in [5.74, 6) is 0.662. The predicted molar refractivity (Wildman–Crippen MR) is 90.2 cm³/mol. The minimum Gasteiger partial charge on any atom is -0.507 e. The molecule has 0 spiro atoms. The molecule has 0 radical (unpaired) electrons. The molecule has 1 aromatic carbocycles. The van der Waals surface area contributed by atoms with E-state index in [2.05, 4.69) is 5.16 Å². The van der Waals surface area contributed by atoms with Crippen LogP contribution in [0, 0.1) is 6.92 Å². The van der Waals surface area contributed by atoms with Gasteiger partial charge in [0.25, 0.3) is 0 Å². The first-order chi connectivity index (χ1) is 10.4. The monoisotopic (exact) mass is 315 g/mol. The van der Waals surface area contributed by atoms with Crippen LogP contribution in [0.15, 0.2) is 22.7 Å². The second-order valence-electron chi connectivity index (χ2n) is 8.07. The Morgan fingerprint density at radius 1 is 1.00 bits per heavy atom. The summed E-state index contributed by atoms with van der Waals surface area (Å²) in [4.78, 5) is 12.7. The van der Waals surface area contributed by atoms with Gasteiger partial charge in [0.15, 0.2) is 5.69 Å². The molecule has 0 saturated heterocycles. The number of phenolic OH excluding ortho intramolecular Hbond substituents is 1. The maximum Gasteiger partial charge on any atom is 0.214 e. The predicted octanol–water partition coefficient (Wildman–Crippen LogP) is 4.51. The second-order valence-corrected chi connectivity index (χ2v) is 8.07. The Morgan fingerprint density at radius 3 is 1.83 bits per heavy atom. The molecule has 0 unspecified atom stereocenters. The highest BCUT2D eigenvalue weighted by molar-refractivity contribution is 6.08. The Labute approximate surface area is 137 Å². The highest BCUT2D eigenvalue weighted by Gasteiger charge is 2.28. The zero-order valence-electron chi connectivity index (χ0n) is 14.9. The highest BCUT2D eigenvalue weighted by atomic mass is 16.5. The number of rotatable bonds is 2. The molecule has 124 valence electrons. The van der Waals surface area contributed by atoms with Crippen LogP contribution in [0.25, 0.3) is 0 Å². The summed E-state index contributed by atoms with van der Waals surface area (Å²) in [6.45, 7) is 13.9. The van der Waals surface area contributed by atoms with Crippen molar-refractivity contribution >= 4 is 5.78 Å². The van der Waals surface area contributed by atoms with Crippen molar-refractivity contribution in [2.75, 3.05) is 0 Å². The molecular formula is C19H25NO3. The number of carbonyl (C=O) groups is 1. The second kappa shape index (κ2) is 5.52. The van der Waals surface area contributed by atoms with E-state index in [1.807, 2.05) is 41.5 Å². The quantitative estimate of drug-likeness (QED) is 0.828. The summed E-state index contributed by atoms with van der Waals surface area (Å²) in [7, 11) is 0. The Morgan fingerprint density at radius 2 is 1.48 bits per heavy atom. The summed E-state index contributed by atoms with van der Waals surface area (Å²) >= 11 is 0. The number of aromatic hydroxyl groups is 1. The Kier molecular flexibility index (Phi) is 4.14. The molecule has 23 heavy (non-hydrogen) atoms. The molecule has 0 atom stereocenters. The largest absolute Gasteiger partial charge is 0.507 e. The Hall–Kier alpha value is -2.10. The number of hydrogen-bond donors (Lipinski definition) is 1. The fourth-order valence-corrected chi connectivity index (χ4v) is 2.53. The van der Waals surface area contributed by atoms with Gasteiger partial charge in [-0.15, -0.1) is 0 Å². The van der Waals surface area contributed by atoms with Crippen LogP contribution in [0.5, 0.6) is 5.75 Å². The number of benzene rings is 1. The van der Waals surface area contributed by atoms with Gasteiger partial charge in [-0.1, -0.05) is 46.7 Å². The maximum absolute atomic E-state index is 12.7. The summed E-state index contributed by atoms with van der Waals surface area (Å²) in [6, 6.07) is 5.15. The molecule has 0 aliphatic heterocycles. The molecule has 0 amide bonds. The van der Waals surface area contributed by atoms with E-state index < -0.39 is 0 Å². The zero-order valence-corrected chi connectivity index (χ0v) is 14.9. The summed E-state index contributed by atoms with van der Waals surface area (Å²) in [6.07, 6.45) is 0. The van der Waals surface area contributed by atoms with Gasteiger partial charge in [-0.2, -0.15) is 0 Å². The third-order valence-corrected chi connectivity index (χ3v) is 3.85. The number of phenols is 1. The van der Waals surface area contributed by atoms with Crippen molar-refractivity contribution < 1.29 is 14.4 Å². The highest BCUT2D eigenvalue weighted by Crippen LogP contribution is 2.40. The van der Waals surface area contributed by atoms with Gasteiger partial charge in [-0.25, -0.2) is 0 Å². The van der Waals surface area contributed by atoms with Gasteiger partial charge in [-0.05, 0) is 29.9 Å². The number of hydrogen-bond acceptors (Lipinski definition) is 4. The minimum absolute atomic E-state index is 0.196. The van der Waals surface area contributed by atoms with Gasteiger partial charge in [0.2, 0.25) is 5.78 Å². The van der Waals surface area contributed by atoms with Crippen LogP contribution < -0.4 is 0 Å². The molecule has 1 aromatic heterocycles. The van der Waals surface area contributed by atoms with Crippen molar-refractivity contribution in [2.24, 2.45) is 0 Å². The fraction of sp³-hybridized carbons (Fsp3) is 0.474. The van der Waals surface area contributed by atoms with Crippen molar-refractivity contribution in [3.8, 4) is 5.75 Å². The first kappa shape index (κ1) is 17.3. The molecule has 4 nitrogen and oxygen atoms in total. The van der Waals surface area contributed by atoms with Crippen LogP contribution in [0.1, 0.15) is 74.5 Å². The summed E-state index contributed by atoms with van der Waals surface area (Å²) < 4.78 is 5.01. The van der Waals surface area contributed by atoms with E-state index in [1.165, 1.54) is 0 Å². The lowest BCUT2D eigenvalue weighted by Gasteiger charge is -2.28. The van der Waals surface area contributed by atoms with E-state index in [9.17, 15) is 9.90 Å². The van der Waals surface area contributed by atoms with Gasteiger partial charge < -0.3 is 9.63 Å². The molecule has 1 N–H and O–H groups in total. The Bertz CT molecular complexity index is 708. The molecule has 0 saturated carbocycles. The molecule has 0 bridgehead atoms.